The van der Waals surface area contributed by atoms with Gasteiger partial charge in [-0.15, -0.1) is 0 Å². The Kier molecular flexibility index (Phi) is 9.31. The maximum Gasteiger partial charge on any atom is 0.219 e. The van der Waals surface area contributed by atoms with Crippen molar-refractivity contribution in [3.8, 4) is 45.4 Å². The van der Waals surface area contributed by atoms with Crippen molar-refractivity contribution in [3.63, 3.8) is 0 Å². The number of aryl methyl sites for hydroxylation is 2. The largest absolute Gasteiger partial charge is 0.481 e. The normalized spacial score (nSPS) is 21.6. The van der Waals surface area contributed by atoms with E-state index in [1.165, 1.54) is 16.7 Å². The van der Waals surface area contributed by atoms with Gasteiger partial charge in [-0.2, -0.15) is 0 Å². The lowest BCUT2D eigenvalue weighted by molar-refractivity contribution is -0.161. The summed E-state index contributed by atoms with van der Waals surface area (Å²) in [6.07, 6.45) is 3.85. The van der Waals surface area contributed by atoms with E-state index in [0.29, 0.717) is 21.8 Å². The molecule has 2 aliphatic carbocycles. The minimum absolute atomic E-state index is 0.131. The van der Waals surface area contributed by atoms with Gasteiger partial charge in [0.1, 0.15) is 0 Å². The molecule has 286 valence electrons. The molecule has 0 bridgehead atoms. The number of piperazine rings is 1. The molecule has 2 aromatic carbocycles. The molecule has 3 fully saturated rings. The number of hydrogen-bond donors (Lipinski definition) is 0. The number of nitrogens with zero attached hydrogens (tertiary/aromatic N) is 6. The molecule has 1 spiro atoms. The lowest BCUT2D eigenvalue weighted by atomic mass is 9.72. The number of pyridine rings is 2. The molecule has 3 saturated heterocycles. The maximum absolute atomic E-state index is 11.9. The highest BCUT2D eigenvalue weighted by Crippen LogP contribution is 2.51. The van der Waals surface area contributed by atoms with Crippen LogP contribution in [-0.2, 0) is 22.4 Å². The highest BCUT2D eigenvalue weighted by Gasteiger charge is 2.55. The zero-order valence-electron chi connectivity index (χ0n) is 31.8. The van der Waals surface area contributed by atoms with Gasteiger partial charge >= 0.3 is 0 Å². The third-order valence-electron chi connectivity index (χ3n) is 12.7. The minimum atomic E-state index is 0.131. The van der Waals surface area contributed by atoms with Crippen molar-refractivity contribution in [1.29, 1.82) is 0 Å². The van der Waals surface area contributed by atoms with Gasteiger partial charge in [0, 0.05) is 117 Å². The molecule has 0 radical (unpaired) electrons. The molecule has 55 heavy (non-hydrogen) atoms. The van der Waals surface area contributed by atoms with Crippen LogP contribution in [0.4, 0.5) is 0 Å². The van der Waals surface area contributed by atoms with Crippen LogP contribution in [0.1, 0.15) is 61.0 Å². The molecule has 12 heteroatoms. The van der Waals surface area contributed by atoms with E-state index in [4.69, 9.17) is 42.6 Å². The second-order valence-corrected chi connectivity index (χ2v) is 16.7. The standard InChI is InChI=1S/C43H46Cl2N6O4/c1-25(52)48-15-17-49(18-16-48)35-13-11-27-19-33(46-41(54-3)37(27)35)31-9-5-7-29(39(31)44)30-8-6-10-32(40(30)45)34-20-28-12-14-36(38(28)42(47-34)55-4)51-23-43(24-51)21-50(22-43)26(2)53/h5-10,19-20,35-36H,11-18,21-24H2,1-4H3/t35-,36+/m0/s1. The van der Waals surface area contributed by atoms with E-state index in [9.17, 15) is 9.59 Å². The Hall–Kier alpha value is -4.22. The molecule has 0 unspecified atom stereocenters. The topological polar surface area (TPSA) is 91.3 Å². The summed E-state index contributed by atoms with van der Waals surface area (Å²) in [4.78, 5) is 42.6. The van der Waals surface area contributed by atoms with Crippen molar-refractivity contribution < 1.29 is 19.1 Å². The Bertz CT molecular complexity index is 2210. The Morgan fingerprint density at radius 1 is 0.655 bits per heavy atom. The van der Waals surface area contributed by atoms with Crippen LogP contribution < -0.4 is 9.47 Å². The first-order valence-electron chi connectivity index (χ1n) is 19.3. The molecule has 2 atom stereocenters. The molecular weight excluding hydrogens is 735 g/mol. The van der Waals surface area contributed by atoms with Crippen LogP contribution in [0.25, 0.3) is 33.6 Å². The highest BCUT2D eigenvalue weighted by molar-refractivity contribution is 6.39. The van der Waals surface area contributed by atoms with Crippen LogP contribution >= 0.6 is 23.2 Å². The van der Waals surface area contributed by atoms with Crippen molar-refractivity contribution in [3.05, 3.63) is 80.8 Å². The van der Waals surface area contributed by atoms with E-state index in [0.717, 1.165) is 117 Å². The maximum atomic E-state index is 11.9. The first-order chi connectivity index (χ1) is 26.6. The highest BCUT2D eigenvalue weighted by atomic mass is 35.5. The molecule has 10 nitrogen and oxygen atoms in total. The average Bonchev–Trinajstić information content (AvgIpc) is 3.78. The monoisotopic (exact) mass is 780 g/mol. The molecule has 5 heterocycles. The number of benzene rings is 2. The zero-order chi connectivity index (χ0) is 38.2. The molecule has 2 amide bonds. The van der Waals surface area contributed by atoms with Crippen molar-refractivity contribution in [2.75, 3.05) is 66.6 Å². The minimum Gasteiger partial charge on any atom is -0.481 e. The van der Waals surface area contributed by atoms with Crippen LogP contribution in [-0.4, -0.2) is 108 Å². The third-order valence-corrected chi connectivity index (χ3v) is 13.5. The summed E-state index contributed by atoms with van der Waals surface area (Å²) in [7, 11) is 3.37. The first-order valence-corrected chi connectivity index (χ1v) is 20.1. The summed E-state index contributed by atoms with van der Waals surface area (Å²) in [6, 6.07) is 16.8. The lowest BCUT2D eigenvalue weighted by Gasteiger charge is -2.61. The fraction of sp³-hybridized carbons (Fsp3) is 0.442. The number of amides is 2. The van der Waals surface area contributed by atoms with Gasteiger partial charge in [0.25, 0.3) is 0 Å². The molecule has 0 saturated carbocycles. The number of carbonyl (C=O) groups is 2. The van der Waals surface area contributed by atoms with Crippen LogP contribution in [0, 0.1) is 5.41 Å². The van der Waals surface area contributed by atoms with E-state index >= 15 is 0 Å². The molecule has 3 aliphatic heterocycles. The molecule has 5 aliphatic rings. The number of methoxy groups -OCH3 is 2. The summed E-state index contributed by atoms with van der Waals surface area (Å²) in [5, 5.41) is 1.14. The van der Waals surface area contributed by atoms with Crippen molar-refractivity contribution >= 4 is 35.0 Å². The van der Waals surface area contributed by atoms with Crippen LogP contribution in [0.15, 0.2) is 48.5 Å². The van der Waals surface area contributed by atoms with Gasteiger partial charge in [0.2, 0.25) is 23.6 Å². The van der Waals surface area contributed by atoms with Crippen molar-refractivity contribution in [1.82, 2.24) is 29.6 Å². The Balaban J connectivity index is 0.988. The summed E-state index contributed by atoms with van der Waals surface area (Å²) in [6.45, 7) is 10.1. The second kappa shape index (κ2) is 14.1. The average molecular weight is 782 g/mol. The van der Waals surface area contributed by atoms with Crippen LogP contribution in [0.2, 0.25) is 10.0 Å². The van der Waals surface area contributed by atoms with Gasteiger partial charge in [-0.3, -0.25) is 19.4 Å². The van der Waals surface area contributed by atoms with E-state index in [2.05, 4.69) is 21.9 Å². The molecule has 0 N–H and O–H groups in total. The number of rotatable bonds is 7. The predicted molar refractivity (Wildman–Crippen MR) is 214 cm³/mol. The fourth-order valence-corrected chi connectivity index (χ4v) is 10.6. The van der Waals surface area contributed by atoms with Crippen LogP contribution in [0.3, 0.4) is 0 Å². The molecule has 4 aromatic rings. The number of hydrogen-bond acceptors (Lipinski definition) is 8. The number of halogens is 2. The number of likely N-dealkylation sites (tertiary alicyclic amines) is 2. The second-order valence-electron chi connectivity index (χ2n) is 15.9. The number of ether oxygens (including phenoxy) is 2. The Morgan fingerprint density at radius 2 is 1.11 bits per heavy atom. The van der Waals surface area contributed by atoms with E-state index in [1.807, 2.05) is 46.2 Å². The third kappa shape index (κ3) is 6.16. The molecule has 2 aromatic heterocycles. The fourth-order valence-electron chi connectivity index (χ4n) is 9.93. The van der Waals surface area contributed by atoms with Crippen molar-refractivity contribution in [2.24, 2.45) is 5.41 Å². The Labute approximate surface area is 332 Å². The van der Waals surface area contributed by atoms with E-state index < -0.39 is 0 Å². The van der Waals surface area contributed by atoms with E-state index in [1.54, 1.807) is 28.1 Å². The van der Waals surface area contributed by atoms with Gasteiger partial charge < -0.3 is 19.3 Å². The summed E-state index contributed by atoms with van der Waals surface area (Å²) < 4.78 is 11.9. The number of aromatic nitrogens is 2. The quantitative estimate of drug-likeness (QED) is 0.196. The van der Waals surface area contributed by atoms with Gasteiger partial charge in [-0.05, 0) is 48.9 Å². The predicted octanol–water partition coefficient (Wildman–Crippen LogP) is 7.10. The number of fused-ring (bicyclic) bond motifs is 2. The van der Waals surface area contributed by atoms with Gasteiger partial charge in [-0.25, -0.2) is 9.97 Å². The van der Waals surface area contributed by atoms with Gasteiger partial charge in [0.15, 0.2) is 0 Å². The smallest absolute Gasteiger partial charge is 0.219 e. The summed E-state index contributed by atoms with van der Waals surface area (Å²) in [5.74, 6) is 1.57. The lowest BCUT2D eigenvalue weighted by Crippen LogP contribution is -2.72. The van der Waals surface area contributed by atoms with Gasteiger partial charge in [-0.1, -0.05) is 59.6 Å². The Morgan fingerprint density at radius 3 is 1.56 bits per heavy atom. The first kappa shape index (κ1) is 36.4. The van der Waals surface area contributed by atoms with Crippen molar-refractivity contribution in [2.45, 2.75) is 51.6 Å². The zero-order valence-corrected chi connectivity index (χ0v) is 33.3. The molecule has 9 rings (SSSR count). The number of carbonyl (C=O) groups excluding carboxylic acids is 2. The summed E-state index contributed by atoms with van der Waals surface area (Å²) >= 11 is 14.6. The molecular formula is C43H46Cl2N6O4. The van der Waals surface area contributed by atoms with Crippen LogP contribution in [0.5, 0.6) is 11.8 Å². The summed E-state index contributed by atoms with van der Waals surface area (Å²) in [5.41, 5.74) is 9.80. The van der Waals surface area contributed by atoms with E-state index in [-0.39, 0.29) is 29.3 Å². The van der Waals surface area contributed by atoms with Gasteiger partial charge in [0.05, 0.1) is 35.7 Å². The SMILES string of the molecule is COc1nc(-c2cccc(-c3cccc(-c4cc5c(c(OC)n4)[C@@H](N4CCN(C(C)=O)CC4)CC5)c3Cl)c2Cl)cc2c1[C@H](N1CC3(CN(C(C)=O)C3)C1)CC2.